The van der Waals surface area contributed by atoms with Crippen molar-refractivity contribution in [3.63, 3.8) is 0 Å². The summed E-state index contributed by atoms with van der Waals surface area (Å²) in [4.78, 5) is 31.2. The van der Waals surface area contributed by atoms with Crippen LogP contribution in [0.4, 0.5) is 32.2 Å². The number of benzene rings is 1. The summed E-state index contributed by atoms with van der Waals surface area (Å²) in [5, 5.41) is 20.1. The highest BCUT2D eigenvalue weighted by Crippen LogP contribution is 2.32. The van der Waals surface area contributed by atoms with Gasteiger partial charge in [-0.3, -0.25) is 14.2 Å². The van der Waals surface area contributed by atoms with Crippen LogP contribution >= 0.6 is 11.6 Å². The second kappa shape index (κ2) is 9.43. The first-order valence-electron chi connectivity index (χ1n) is 10.9. The number of anilines is 1. The molecule has 3 N–H and O–H groups in total. The number of halogens is 7. The molecule has 3 aromatic rings. The molecule has 2 atom stereocenters. The third-order valence-corrected chi connectivity index (χ3v) is 6.36. The number of fused-ring (bicyclic) bond motifs is 1. The average Bonchev–Trinajstić information content (AvgIpc) is 3.11. The number of amides is 1. The molecule has 0 spiro atoms. The summed E-state index contributed by atoms with van der Waals surface area (Å²) in [6.45, 7) is 0.791. The summed E-state index contributed by atoms with van der Waals surface area (Å²) in [6.07, 6.45) is -6.75. The minimum absolute atomic E-state index is 0.250. The van der Waals surface area contributed by atoms with E-state index >= 15 is 4.39 Å². The molecule has 3 heterocycles. The van der Waals surface area contributed by atoms with Crippen LogP contribution in [0.15, 0.2) is 29.2 Å². The van der Waals surface area contributed by atoms with Gasteiger partial charge in [-0.2, -0.15) is 13.2 Å². The van der Waals surface area contributed by atoms with Crippen LogP contribution in [-0.4, -0.2) is 62.7 Å². The van der Waals surface area contributed by atoms with Crippen molar-refractivity contribution in [3.05, 3.63) is 62.7 Å². The standard InChI is InChI=1S/C23H19ClF6N4O4/c1-22(2,23(28,29)30)32-21(38)11-6-34(17-12(24)3-9(25)4-13(17)26)19-10(18(11)37)5-14(27)20(31-19)33-7-15(35)16(36)8-33/h3-6,15-16,35-36H,7-8H2,1-2H3,(H,32,38)/t15-,16-/m1/s1. The molecule has 204 valence electrons. The van der Waals surface area contributed by atoms with Gasteiger partial charge in [0, 0.05) is 25.4 Å². The zero-order valence-electron chi connectivity index (χ0n) is 19.6. The van der Waals surface area contributed by atoms with Crippen molar-refractivity contribution in [1.29, 1.82) is 0 Å². The largest absolute Gasteiger partial charge is 0.410 e. The summed E-state index contributed by atoms with van der Waals surface area (Å²) in [6, 6.07) is 1.76. The van der Waals surface area contributed by atoms with Crippen molar-refractivity contribution >= 4 is 34.4 Å². The molecular formula is C23H19ClF6N4O4. The summed E-state index contributed by atoms with van der Waals surface area (Å²) in [5.74, 6) is -5.48. The first-order valence-corrected chi connectivity index (χ1v) is 11.3. The number of alkyl halides is 3. The van der Waals surface area contributed by atoms with Crippen LogP contribution in [0.3, 0.4) is 0 Å². The molecule has 15 heteroatoms. The highest BCUT2D eigenvalue weighted by molar-refractivity contribution is 6.32. The molecule has 1 fully saturated rings. The van der Waals surface area contributed by atoms with E-state index in [-0.39, 0.29) is 13.1 Å². The topological polar surface area (TPSA) is 108 Å². The molecule has 1 aromatic carbocycles. The van der Waals surface area contributed by atoms with Crippen molar-refractivity contribution in [3.8, 4) is 5.69 Å². The number of carbonyl (C=O) groups excluding carboxylic acids is 1. The fourth-order valence-corrected chi connectivity index (χ4v) is 4.18. The number of nitrogens with zero attached hydrogens (tertiary/aromatic N) is 3. The second-order valence-electron chi connectivity index (χ2n) is 9.24. The molecule has 1 aliphatic heterocycles. The van der Waals surface area contributed by atoms with E-state index in [1.54, 1.807) is 5.32 Å². The Morgan fingerprint density at radius 1 is 1.08 bits per heavy atom. The van der Waals surface area contributed by atoms with Crippen LogP contribution in [0, 0.1) is 17.5 Å². The number of hydrogen-bond donors (Lipinski definition) is 3. The van der Waals surface area contributed by atoms with Crippen molar-refractivity contribution in [2.45, 2.75) is 37.8 Å². The fourth-order valence-electron chi connectivity index (χ4n) is 3.90. The van der Waals surface area contributed by atoms with Crippen LogP contribution < -0.4 is 15.6 Å². The highest BCUT2D eigenvalue weighted by Gasteiger charge is 2.48. The van der Waals surface area contributed by atoms with Gasteiger partial charge in [-0.15, -0.1) is 0 Å². The van der Waals surface area contributed by atoms with Crippen LogP contribution in [0.25, 0.3) is 16.7 Å². The van der Waals surface area contributed by atoms with Gasteiger partial charge in [0.2, 0.25) is 5.43 Å². The molecule has 1 aliphatic rings. The van der Waals surface area contributed by atoms with E-state index in [2.05, 4.69) is 4.98 Å². The van der Waals surface area contributed by atoms with Gasteiger partial charge < -0.3 is 20.4 Å². The summed E-state index contributed by atoms with van der Waals surface area (Å²) < 4.78 is 84.5. The number of rotatable bonds is 4. The van der Waals surface area contributed by atoms with Crippen LogP contribution in [0.1, 0.15) is 24.2 Å². The SMILES string of the molecule is CC(C)(NC(=O)c1cn(-c2c(F)cc(F)cc2Cl)c2nc(N3C[C@@H](O)[C@H](O)C3)c(F)cc2c1=O)C(F)(F)F. The van der Waals surface area contributed by atoms with Gasteiger partial charge in [0.05, 0.1) is 22.6 Å². The molecule has 8 nitrogen and oxygen atoms in total. The monoisotopic (exact) mass is 564 g/mol. The third-order valence-electron chi connectivity index (χ3n) is 6.07. The Bertz CT molecular complexity index is 1480. The minimum atomic E-state index is -4.92. The number of carbonyl (C=O) groups is 1. The van der Waals surface area contributed by atoms with E-state index in [0.717, 1.165) is 9.47 Å². The minimum Gasteiger partial charge on any atom is -0.389 e. The zero-order chi connectivity index (χ0) is 28.3. The normalized spacial score (nSPS) is 18.3. The molecule has 1 saturated heterocycles. The van der Waals surface area contributed by atoms with Crippen LogP contribution in [0.2, 0.25) is 5.02 Å². The van der Waals surface area contributed by atoms with E-state index in [1.807, 2.05) is 0 Å². The van der Waals surface area contributed by atoms with Gasteiger partial charge in [0.1, 0.15) is 22.6 Å². The van der Waals surface area contributed by atoms with Crippen LogP contribution in [0.5, 0.6) is 0 Å². The van der Waals surface area contributed by atoms with Gasteiger partial charge in [-0.25, -0.2) is 18.2 Å². The van der Waals surface area contributed by atoms with E-state index in [1.165, 1.54) is 0 Å². The van der Waals surface area contributed by atoms with Gasteiger partial charge in [0.15, 0.2) is 23.1 Å². The first-order chi connectivity index (χ1) is 17.5. The van der Waals surface area contributed by atoms with Crippen molar-refractivity contribution < 1.29 is 41.4 Å². The molecule has 2 aromatic heterocycles. The maximum atomic E-state index is 15.1. The third kappa shape index (κ3) is 4.78. The molecule has 0 aliphatic carbocycles. The average molecular weight is 565 g/mol. The highest BCUT2D eigenvalue weighted by atomic mass is 35.5. The maximum absolute atomic E-state index is 15.1. The molecule has 38 heavy (non-hydrogen) atoms. The van der Waals surface area contributed by atoms with E-state index in [9.17, 15) is 41.8 Å². The molecule has 4 rings (SSSR count). The number of β-amino-alcohol motifs (C(OH)–C–C–N with tert-alkyl or cyclic N) is 2. The number of nitrogens with one attached hydrogen (secondary N) is 1. The lowest BCUT2D eigenvalue weighted by molar-refractivity contribution is -0.182. The number of aliphatic hydroxyl groups is 2. The van der Waals surface area contributed by atoms with E-state index < -0.39 is 85.8 Å². The summed E-state index contributed by atoms with van der Waals surface area (Å²) in [7, 11) is 0. The van der Waals surface area contributed by atoms with Gasteiger partial charge in [-0.05, 0) is 26.0 Å². The Morgan fingerprint density at radius 3 is 2.24 bits per heavy atom. The second-order valence-corrected chi connectivity index (χ2v) is 9.65. The predicted molar refractivity (Wildman–Crippen MR) is 124 cm³/mol. The van der Waals surface area contributed by atoms with Gasteiger partial charge >= 0.3 is 6.18 Å². The number of hydrogen-bond acceptors (Lipinski definition) is 6. The van der Waals surface area contributed by atoms with Crippen molar-refractivity contribution in [2.24, 2.45) is 0 Å². The molecule has 1 amide bonds. The Hall–Kier alpha value is -3.36. The van der Waals surface area contributed by atoms with Crippen molar-refractivity contribution in [1.82, 2.24) is 14.9 Å². The smallest absolute Gasteiger partial charge is 0.389 e. The quantitative estimate of drug-likeness (QED) is 0.421. The number of aliphatic hydroxyl groups excluding tert-OH is 2. The molecule has 0 unspecified atom stereocenters. The lowest BCUT2D eigenvalue weighted by Crippen LogP contribution is -2.54. The van der Waals surface area contributed by atoms with E-state index in [4.69, 9.17) is 11.6 Å². The predicted octanol–water partition coefficient (Wildman–Crippen LogP) is 3.07. The zero-order valence-corrected chi connectivity index (χ0v) is 20.3. The Kier molecular flexibility index (Phi) is 6.87. The molecule has 0 bridgehead atoms. The lowest BCUT2D eigenvalue weighted by atomic mass is 10.0. The summed E-state index contributed by atoms with van der Waals surface area (Å²) >= 11 is 6.04. The first kappa shape index (κ1) is 27.7. The summed E-state index contributed by atoms with van der Waals surface area (Å²) in [5.41, 5.74) is -6.07. The maximum Gasteiger partial charge on any atom is 0.410 e. The lowest BCUT2D eigenvalue weighted by Gasteiger charge is -2.29. The van der Waals surface area contributed by atoms with Gasteiger partial charge in [0.25, 0.3) is 5.91 Å². The Balaban J connectivity index is 2.00. The van der Waals surface area contributed by atoms with E-state index in [0.29, 0.717) is 38.2 Å². The van der Waals surface area contributed by atoms with Crippen molar-refractivity contribution in [2.75, 3.05) is 18.0 Å². The molecular weight excluding hydrogens is 546 g/mol. The number of pyridine rings is 2. The Labute approximate surface area is 215 Å². The fraction of sp³-hybridized carbons (Fsp3) is 0.348. The van der Waals surface area contributed by atoms with Crippen LogP contribution in [-0.2, 0) is 0 Å². The Morgan fingerprint density at radius 2 is 1.68 bits per heavy atom. The van der Waals surface area contributed by atoms with Gasteiger partial charge in [-0.1, -0.05) is 11.6 Å². The molecule has 0 saturated carbocycles. The molecule has 0 radical (unpaired) electrons. The number of aromatic nitrogens is 2.